The summed E-state index contributed by atoms with van der Waals surface area (Å²) in [7, 11) is -1.33. The van der Waals surface area contributed by atoms with Crippen LogP contribution in [0.25, 0.3) is 66.8 Å². The van der Waals surface area contributed by atoms with E-state index in [0.717, 1.165) is 56.5 Å². The van der Waals surface area contributed by atoms with Gasteiger partial charge in [0.25, 0.3) is 0 Å². The first-order chi connectivity index (χ1) is 30.3. The normalized spacial score (nSPS) is 11.2. The van der Waals surface area contributed by atoms with Gasteiger partial charge in [0.1, 0.15) is 17.0 Å². The molecule has 0 fully saturated rings. The second-order valence-electron chi connectivity index (χ2n) is 17.8. The second-order valence-corrected chi connectivity index (χ2v) is 22.8. The van der Waals surface area contributed by atoms with Crippen LogP contribution in [-0.2, 0) is 26.5 Å². The Bertz CT molecular complexity index is 2940. The topological polar surface area (TPSA) is 51.8 Å². The van der Waals surface area contributed by atoms with Crippen molar-refractivity contribution in [2.24, 2.45) is 0 Å². The van der Waals surface area contributed by atoms with Crippen LogP contribution in [0.4, 0.5) is 4.39 Å². The van der Waals surface area contributed by atoms with Crippen LogP contribution in [0.3, 0.4) is 0 Å². The summed E-state index contributed by atoms with van der Waals surface area (Å²) in [5.41, 5.74) is 15.0. The van der Waals surface area contributed by atoms with Crippen molar-refractivity contribution in [3.05, 3.63) is 192 Å². The molecule has 7 heteroatoms. The number of benzene rings is 5. The molecule has 1 radical (unpaired) electrons. The summed E-state index contributed by atoms with van der Waals surface area (Å²) >= 11 is 0. The summed E-state index contributed by atoms with van der Waals surface area (Å²) in [5.74, 6) is 0.641. The number of pyridine rings is 3. The van der Waals surface area contributed by atoms with Crippen molar-refractivity contribution in [2.75, 3.05) is 0 Å². The van der Waals surface area contributed by atoms with E-state index in [1.165, 1.54) is 50.7 Å². The maximum Gasteiger partial charge on any atom is 0.145 e. The molecule has 0 atom stereocenters. The number of rotatable bonds is 8. The van der Waals surface area contributed by atoms with Crippen molar-refractivity contribution in [1.29, 1.82) is 0 Å². The Morgan fingerprint density at radius 3 is 1.70 bits per heavy atom. The molecule has 0 aliphatic rings. The molecule has 0 aliphatic heterocycles. The molecule has 9 rings (SSSR count). The molecule has 0 unspecified atom stereocenters. The molecule has 4 aromatic heterocycles. The van der Waals surface area contributed by atoms with Crippen molar-refractivity contribution >= 4 is 35.2 Å². The van der Waals surface area contributed by atoms with Crippen LogP contribution in [0.15, 0.2) is 169 Å². The summed E-state index contributed by atoms with van der Waals surface area (Å²) in [5, 5.41) is 3.38. The summed E-state index contributed by atoms with van der Waals surface area (Å²) in [6.07, 6.45) is 6.97. The van der Waals surface area contributed by atoms with Gasteiger partial charge in [-0.2, -0.15) is 0 Å². The van der Waals surface area contributed by atoms with Crippen molar-refractivity contribution in [3.63, 3.8) is 0 Å². The molecule has 0 saturated heterocycles. The first-order valence-electron chi connectivity index (χ1n) is 22.1. The predicted octanol–water partition coefficient (Wildman–Crippen LogP) is 15.6. The van der Waals surface area contributed by atoms with Gasteiger partial charge in [-0.25, -0.2) is 4.39 Å². The number of aryl methyl sites for hydroxylation is 2. The van der Waals surface area contributed by atoms with Crippen LogP contribution >= 0.6 is 0 Å². The Kier molecular flexibility index (Phi) is 15.8. The molecule has 0 saturated carbocycles. The van der Waals surface area contributed by atoms with E-state index in [2.05, 4.69) is 157 Å². The van der Waals surface area contributed by atoms with E-state index < -0.39 is 8.07 Å². The number of halogens is 1. The minimum atomic E-state index is -1.33. The molecule has 0 amide bonds. The summed E-state index contributed by atoms with van der Waals surface area (Å²) in [4.78, 5) is 13.7. The quantitative estimate of drug-likeness (QED) is 0.142. The first kappa shape index (κ1) is 47.6. The maximum atomic E-state index is 13.9. The zero-order valence-corrected chi connectivity index (χ0v) is 41.8. The van der Waals surface area contributed by atoms with Gasteiger partial charge >= 0.3 is 0 Å². The van der Waals surface area contributed by atoms with Crippen LogP contribution in [0.5, 0.6) is 0 Å². The molecule has 327 valence electrons. The SMILES string of the molecule is CC(C)c1cc(-c2ccccc2)ncc1[Si](C)(C)C.CCc1ccnc(-c2ccccc2)c1.Cc1cnc(-c2ccc(-c3ccccc3)c3c2oc2cc(F)ccc23)cc1C(C)C.[Ir]. The zero-order chi connectivity index (χ0) is 44.7. The Morgan fingerprint density at radius 1 is 0.578 bits per heavy atom. The maximum absolute atomic E-state index is 13.9. The van der Waals surface area contributed by atoms with Gasteiger partial charge in [-0.05, 0) is 106 Å². The zero-order valence-electron chi connectivity index (χ0n) is 38.4. The van der Waals surface area contributed by atoms with Gasteiger partial charge in [0, 0.05) is 72.2 Å². The van der Waals surface area contributed by atoms with Crippen LogP contribution < -0.4 is 5.19 Å². The molecular formula is C57H58FIrN3OSi. The van der Waals surface area contributed by atoms with Gasteiger partial charge in [-0.1, -0.05) is 151 Å². The van der Waals surface area contributed by atoms with E-state index in [1.54, 1.807) is 6.07 Å². The molecule has 9 aromatic rings. The monoisotopic (exact) mass is 1040 g/mol. The summed E-state index contributed by atoms with van der Waals surface area (Å²) < 4.78 is 20.2. The molecular weight excluding hydrogens is 982 g/mol. The predicted molar refractivity (Wildman–Crippen MR) is 267 cm³/mol. The van der Waals surface area contributed by atoms with E-state index in [4.69, 9.17) is 14.4 Å². The summed E-state index contributed by atoms with van der Waals surface area (Å²) in [6.45, 7) is 20.3. The fraction of sp³-hybridized carbons (Fsp3) is 0.211. The van der Waals surface area contributed by atoms with Gasteiger partial charge in [0.15, 0.2) is 0 Å². The molecule has 0 aliphatic carbocycles. The molecule has 4 heterocycles. The standard InChI is InChI=1S/C27H22FNO.C17H23NSi.C13H13N.Ir/c1-16(2)23-14-24(29-15-17(23)3)21-12-11-20(18-7-5-4-6-8-18)26-22-10-9-19(28)13-25(22)30-27(21)26;1-13(2)15-11-16(14-9-7-6-8-10-14)18-12-17(15)19(3,4)5;1-2-11-8-9-14-13(10-11)12-6-4-3-5-7-12;/h4-16H,1-3H3;6-13H,1-5H3;3-10H,2H2,1H3;. The fourth-order valence-electron chi connectivity index (χ4n) is 8.02. The van der Waals surface area contributed by atoms with Gasteiger partial charge < -0.3 is 4.42 Å². The number of nitrogens with zero attached hydrogens (tertiary/aromatic N) is 3. The first-order valence-corrected chi connectivity index (χ1v) is 25.6. The molecule has 64 heavy (non-hydrogen) atoms. The van der Waals surface area contributed by atoms with Crippen molar-refractivity contribution in [3.8, 4) is 44.9 Å². The van der Waals surface area contributed by atoms with Gasteiger partial charge in [0.2, 0.25) is 0 Å². The van der Waals surface area contributed by atoms with E-state index in [9.17, 15) is 4.39 Å². The number of fused-ring (bicyclic) bond motifs is 3. The molecule has 0 spiro atoms. The van der Waals surface area contributed by atoms with Gasteiger partial charge in [-0.15, -0.1) is 0 Å². The van der Waals surface area contributed by atoms with E-state index in [1.807, 2.05) is 54.9 Å². The molecule has 0 N–H and O–H groups in total. The van der Waals surface area contributed by atoms with Crippen molar-refractivity contribution < 1.29 is 28.9 Å². The third-order valence-corrected chi connectivity index (χ3v) is 13.5. The molecule has 5 aromatic carbocycles. The number of hydrogen-bond acceptors (Lipinski definition) is 4. The second kappa shape index (κ2) is 21.2. The molecule has 4 nitrogen and oxygen atoms in total. The number of furan rings is 1. The summed E-state index contributed by atoms with van der Waals surface area (Å²) in [6, 6.07) is 48.5. The number of hydrogen-bond donors (Lipinski definition) is 0. The van der Waals surface area contributed by atoms with E-state index in [-0.39, 0.29) is 25.9 Å². The number of aromatic nitrogens is 3. The Balaban J connectivity index is 0.000000172. The minimum absolute atomic E-state index is 0. The molecule has 0 bridgehead atoms. The van der Waals surface area contributed by atoms with Crippen LogP contribution in [-0.4, -0.2) is 23.0 Å². The van der Waals surface area contributed by atoms with Crippen LogP contribution in [0.1, 0.15) is 68.7 Å². The Morgan fingerprint density at radius 2 is 1.12 bits per heavy atom. The van der Waals surface area contributed by atoms with Crippen LogP contribution in [0.2, 0.25) is 19.6 Å². The van der Waals surface area contributed by atoms with E-state index >= 15 is 0 Å². The Labute approximate surface area is 393 Å². The third-order valence-electron chi connectivity index (χ3n) is 11.4. The Hall–Kier alpha value is -5.85. The third kappa shape index (κ3) is 11.1. The largest absolute Gasteiger partial charge is 0.455 e. The average Bonchev–Trinajstić information content (AvgIpc) is 3.68. The van der Waals surface area contributed by atoms with Crippen LogP contribution in [0, 0.1) is 12.7 Å². The van der Waals surface area contributed by atoms with E-state index in [0.29, 0.717) is 17.4 Å². The average molecular weight is 1040 g/mol. The van der Waals surface area contributed by atoms with Crippen molar-refractivity contribution in [2.45, 2.75) is 79.4 Å². The van der Waals surface area contributed by atoms with Crippen molar-refractivity contribution in [1.82, 2.24) is 15.0 Å². The smallest absolute Gasteiger partial charge is 0.145 e. The minimum Gasteiger partial charge on any atom is -0.455 e. The van der Waals surface area contributed by atoms with Gasteiger partial charge in [0.05, 0.1) is 25.2 Å². The fourth-order valence-corrected chi connectivity index (χ4v) is 9.70. The van der Waals surface area contributed by atoms with Gasteiger partial charge in [-0.3, -0.25) is 15.0 Å².